The van der Waals surface area contributed by atoms with Gasteiger partial charge in [-0.15, -0.1) is 0 Å². The molecule has 2 N–H and O–H groups in total. The number of aromatic nitrogens is 3. The lowest BCUT2D eigenvalue weighted by Crippen LogP contribution is -2.24. The molecular formula is C27H28N4O3. The van der Waals surface area contributed by atoms with Gasteiger partial charge in [0.05, 0.1) is 12.8 Å². The van der Waals surface area contributed by atoms with E-state index >= 15 is 0 Å². The number of aryl methyl sites for hydroxylation is 1. The molecule has 0 radical (unpaired) electrons. The number of esters is 1. The van der Waals surface area contributed by atoms with E-state index in [2.05, 4.69) is 15.3 Å². The summed E-state index contributed by atoms with van der Waals surface area (Å²) in [5, 5.41) is 3.22. The van der Waals surface area contributed by atoms with Crippen molar-refractivity contribution in [3.05, 3.63) is 78.2 Å². The Balaban J connectivity index is 1.80. The fourth-order valence-electron chi connectivity index (χ4n) is 3.71. The number of methoxy groups -OCH3 is 1. The number of rotatable bonds is 6. The molecule has 0 aliphatic rings. The van der Waals surface area contributed by atoms with Crippen LogP contribution in [0, 0.1) is 6.92 Å². The van der Waals surface area contributed by atoms with Crippen molar-refractivity contribution in [2.45, 2.75) is 33.3 Å². The molecule has 0 atom stereocenters. The van der Waals surface area contributed by atoms with Gasteiger partial charge in [-0.1, -0.05) is 36.4 Å². The van der Waals surface area contributed by atoms with Gasteiger partial charge in [0, 0.05) is 34.8 Å². The summed E-state index contributed by atoms with van der Waals surface area (Å²) >= 11 is 0. The Kier molecular flexibility index (Phi) is 6.36. The summed E-state index contributed by atoms with van der Waals surface area (Å²) in [5.74, 6) is 0.754. The zero-order valence-electron chi connectivity index (χ0n) is 20.0. The Morgan fingerprint density at radius 3 is 2.47 bits per heavy atom. The van der Waals surface area contributed by atoms with Gasteiger partial charge in [0.15, 0.2) is 0 Å². The molecule has 0 amide bonds. The monoisotopic (exact) mass is 456 g/mol. The van der Waals surface area contributed by atoms with Crippen LogP contribution in [-0.4, -0.2) is 33.6 Å². The van der Waals surface area contributed by atoms with Gasteiger partial charge in [0.2, 0.25) is 5.95 Å². The van der Waals surface area contributed by atoms with Crippen LogP contribution in [0.25, 0.3) is 22.4 Å². The SMILES string of the molecule is COc1cccc(Nc2nccc(-c3c(C)[nH]c(C(=O)OC(C)(C)C)c3-c3ccccc3)n2)c1. The molecule has 174 valence electrons. The Morgan fingerprint density at radius 2 is 1.76 bits per heavy atom. The van der Waals surface area contributed by atoms with Gasteiger partial charge in [-0.25, -0.2) is 14.8 Å². The molecule has 0 saturated heterocycles. The average Bonchev–Trinajstić information content (AvgIpc) is 3.16. The largest absolute Gasteiger partial charge is 0.497 e. The van der Waals surface area contributed by atoms with Crippen LogP contribution in [0.5, 0.6) is 5.75 Å². The predicted molar refractivity (Wildman–Crippen MR) is 133 cm³/mol. The number of ether oxygens (including phenoxy) is 2. The Bertz CT molecular complexity index is 1310. The van der Waals surface area contributed by atoms with Crippen molar-refractivity contribution in [3.63, 3.8) is 0 Å². The topological polar surface area (TPSA) is 89.1 Å². The number of nitrogens with zero attached hydrogens (tertiary/aromatic N) is 2. The normalized spacial score (nSPS) is 11.2. The lowest BCUT2D eigenvalue weighted by molar-refractivity contribution is 0.00643. The first kappa shape index (κ1) is 23.0. The minimum absolute atomic E-state index is 0.398. The highest BCUT2D eigenvalue weighted by atomic mass is 16.6. The second-order valence-electron chi connectivity index (χ2n) is 8.87. The molecule has 2 heterocycles. The molecular weight excluding hydrogens is 428 g/mol. The van der Waals surface area contributed by atoms with Gasteiger partial charge in [-0.3, -0.25) is 0 Å². The number of H-pyrrole nitrogens is 1. The minimum Gasteiger partial charge on any atom is -0.497 e. The quantitative estimate of drug-likeness (QED) is 0.338. The lowest BCUT2D eigenvalue weighted by atomic mass is 9.98. The van der Waals surface area contributed by atoms with Crippen molar-refractivity contribution in [2.24, 2.45) is 0 Å². The maximum Gasteiger partial charge on any atom is 0.355 e. The third kappa shape index (κ3) is 5.09. The summed E-state index contributed by atoms with van der Waals surface area (Å²) in [6, 6.07) is 19.1. The van der Waals surface area contributed by atoms with Crippen LogP contribution in [0.3, 0.4) is 0 Å². The summed E-state index contributed by atoms with van der Waals surface area (Å²) in [4.78, 5) is 25.5. The van der Waals surface area contributed by atoms with Crippen molar-refractivity contribution >= 4 is 17.6 Å². The highest BCUT2D eigenvalue weighted by Crippen LogP contribution is 2.38. The Hall–Kier alpha value is -4.13. The molecule has 7 nitrogen and oxygen atoms in total. The molecule has 0 bridgehead atoms. The highest BCUT2D eigenvalue weighted by molar-refractivity contribution is 6.02. The van der Waals surface area contributed by atoms with E-state index in [0.29, 0.717) is 17.3 Å². The molecule has 0 saturated carbocycles. The molecule has 0 spiro atoms. The zero-order chi connectivity index (χ0) is 24.3. The van der Waals surface area contributed by atoms with E-state index in [-0.39, 0.29) is 0 Å². The van der Waals surface area contributed by atoms with Gasteiger partial charge in [-0.2, -0.15) is 0 Å². The fraction of sp³-hybridized carbons (Fsp3) is 0.222. The van der Waals surface area contributed by atoms with Crippen LogP contribution < -0.4 is 10.1 Å². The number of nitrogens with one attached hydrogen (secondary N) is 2. The van der Waals surface area contributed by atoms with Crippen molar-refractivity contribution in [2.75, 3.05) is 12.4 Å². The first-order chi connectivity index (χ1) is 16.2. The van der Waals surface area contributed by atoms with Gasteiger partial charge in [0.25, 0.3) is 0 Å². The fourth-order valence-corrected chi connectivity index (χ4v) is 3.71. The van der Waals surface area contributed by atoms with Gasteiger partial charge >= 0.3 is 5.97 Å². The summed E-state index contributed by atoms with van der Waals surface area (Å²) in [6.07, 6.45) is 1.69. The molecule has 4 rings (SSSR count). The van der Waals surface area contributed by atoms with E-state index in [1.807, 2.05) is 88.4 Å². The molecule has 0 unspecified atom stereocenters. The van der Waals surface area contributed by atoms with Gasteiger partial charge in [-0.05, 0) is 51.5 Å². The van der Waals surface area contributed by atoms with Gasteiger partial charge < -0.3 is 19.8 Å². The van der Waals surface area contributed by atoms with Crippen LogP contribution in [0.2, 0.25) is 0 Å². The summed E-state index contributed by atoms with van der Waals surface area (Å²) < 4.78 is 11.0. The first-order valence-electron chi connectivity index (χ1n) is 11.0. The van der Waals surface area contributed by atoms with Crippen molar-refractivity contribution in [1.29, 1.82) is 0 Å². The summed E-state index contributed by atoms with van der Waals surface area (Å²) in [7, 11) is 1.62. The van der Waals surface area contributed by atoms with E-state index in [1.165, 1.54) is 0 Å². The predicted octanol–water partition coefficient (Wildman–Crippen LogP) is 6.15. The molecule has 0 aliphatic carbocycles. The van der Waals surface area contributed by atoms with E-state index in [1.54, 1.807) is 13.3 Å². The average molecular weight is 457 g/mol. The summed E-state index contributed by atoms with van der Waals surface area (Å²) in [5.41, 5.74) is 4.54. The third-order valence-corrected chi connectivity index (χ3v) is 5.09. The van der Waals surface area contributed by atoms with E-state index < -0.39 is 11.6 Å². The minimum atomic E-state index is -0.618. The zero-order valence-corrected chi connectivity index (χ0v) is 20.0. The molecule has 0 aliphatic heterocycles. The molecule has 0 fully saturated rings. The maximum atomic E-state index is 13.1. The smallest absolute Gasteiger partial charge is 0.355 e. The Labute approximate surface area is 199 Å². The number of carbonyl (C=O) groups is 1. The highest BCUT2D eigenvalue weighted by Gasteiger charge is 2.27. The van der Waals surface area contributed by atoms with Crippen molar-refractivity contribution in [1.82, 2.24) is 15.0 Å². The number of hydrogen-bond donors (Lipinski definition) is 2. The number of aromatic amines is 1. The standard InChI is InChI=1S/C27H28N4O3/c1-17-22(21-14-15-28-26(31-21)30-19-12-9-13-20(16-19)33-5)23(18-10-7-6-8-11-18)24(29-17)25(32)34-27(2,3)4/h6-16,29H,1-5H3,(H,28,30,31). The molecule has 2 aromatic heterocycles. The molecule has 34 heavy (non-hydrogen) atoms. The molecule has 2 aromatic carbocycles. The van der Waals surface area contributed by atoms with Crippen LogP contribution >= 0.6 is 0 Å². The van der Waals surface area contributed by atoms with Crippen LogP contribution in [0.4, 0.5) is 11.6 Å². The van der Waals surface area contributed by atoms with E-state index in [0.717, 1.165) is 33.8 Å². The number of carbonyl (C=O) groups excluding carboxylic acids is 1. The molecule has 4 aromatic rings. The molecule has 7 heteroatoms. The number of hydrogen-bond acceptors (Lipinski definition) is 6. The van der Waals surface area contributed by atoms with Crippen molar-refractivity contribution < 1.29 is 14.3 Å². The van der Waals surface area contributed by atoms with E-state index in [4.69, 9.17) is 14.5 Å². The van der Waals surface area contributed by atoms with Crippen LogP contribution in [-0.2, 0) is 4.74 Å². The number of benzene rings is 2. The Morgan fingerprint density at radius 1 is 1.00 bits per heavy atom. The number of anilines is 2. The second kappa shape index (κ2) is 9.39. The van der Waals surface area contributed by atoms with Crippen LogP contribution in [0.1, 0.15) is 37.0 Å². The first-order valence-corrected chi connectivity index (χ1v) is 11.0. The summed E-state index contributed by atoms with van der Waals surface area (Å²) in [6.45, 7) is 7.48. The third-order valence-electron chi connectivity index (χ3n) is 5.09. The second-order valence-corrected chi connectivity index (χ2v) is 8.87. The van der Waals surface area contributed by atoms with Crippen LogP contribution in [0.15, 0.2) is 66.9 Å². The maximum absolute atomic E-state index is 13.1. The van der Waals surface area contributed by atoms with Gasteiger partial charge in [0.1, 0.15) is 17.0 Å². The van der Waals surface area contributed by atoms with E-state index in [9.17, 15) is 4.79 Å². The lowest BCUT2D eigenvalue weighted by Gasteiger charge is -2.19. The van der Waals surface area contributed by atoms with Crippen molar-refractivity contribution in [3.8, 4) is 28.1 Å².